The first-order valence-corrected chi connectivity index (χ1v) is 50.7. The van der Waals surface area contributed by atoms with Gasteiger partial charge in [-0.2, -0.15) is 0 Å². The maximum absolute atomic E-state index is 6.54. The summed E-state index contributed by atoms with van der Waals surface area (Å²) in [5.41, 5.74) is 17.1. The average Bonchev–Trinajstić information content (AvgIpc) is 1.54. The summed E-state index contributed by atoms with van der Waals surface area (Å²) in [5, 5.41) is 45.2. The van der Waals surface area contributed by atoms with Crippen molar-refractivity contribution in [2.45, 2.75) is 0 Å². The summed E-state index contributed by atoms with van der Waals surface area (Å²) >= 11 is 7.52. The lowest BCUT2D eigenvalue weighted by molar-refractivity contribution is 0.671. The fraction of sp³-hybridized carbons (Fsp3) is 0. The molecule has 36 aromatic rings. The number of para-hydroxylation sites is 4. The van der Waals surface area contributed by atoms with E-state index in [9.17, 15) is 0 Å². The van der Waals surface area contributed by atoms with E-state index in [0.717, 1.165) is 110 Å². The fourth-order valence-corrected chi connectivity index (χ4v) is 28.9. The third-order valence-corrected chi connectivity index (χ3v) is 34.8. The topological polar surface area (TPSA) is 70.2 Å². The Hall–Kier alpha value is -17.4. The average molecular weight is 1850 g/mol. The lowest BCUT2D eigenvalue weighted by atomic mass is 9.98. The van der Waals surface area contributed by atoms with Crippen LogP contribution >= 0.6 is 45.3 Å². The van der Waals surface area contributed by atoms with Crippen LogP contribution in [0.4, 0.5) is 0 Å². The van der Waals surface area contributed by atoms with Crippen LogP contribution in [0.25, 0.3) is 320 Å². The molecule has 0 unspecified atom stereocenters. The minimum absolute atomic E-state index is 0.930. The van der Waals surface area contributed by atoms with Crippen molar-refractivity contribution in [3.63, 3.8) is 0 Å². The highest BCUT2D eigenvalue weighted by molar-refractivity contribution is 7.27. The molecule has 0 fully saturated rings. The van der Waals surface area contributed by atoms with E-state index in [4.69, 9.17) is 17.7 Å². The summed E-state index contributed by atoms with van der Waals surface area (Å²) < 4.78 is 46.3. The van der Waals surface area contributed by atoms with Crippen LogP contribution in [-0.2, 0) is 0 Å². The zero-order valence-electron chi connectivity index (χ0n) is 74.3. The predicted molar refractivity (Wildman–Crippen MR) is 600 cm³/mol. The number of hydrogen-bond acceptors (Lipinski definition) is 8. The number of fused-ring (bicyclic) bond motifs is 62. The molecule has 0 saturated carbocycles. The number of nitrogens with zero attached hydrogens (tertiary/aromatic N) is 4. The molecule has 0 bridgehead atoms. The van der Waals surface area contributed by atoms with Crippen molar-refractivity contribution in [1.29, 1.82) is 0 Å². The van der Waals surface area contributed by atoms with Gasteiger partial charge in [-0.15, -0.1) is 45.3 Å². The molecule has 0 atom stereocenters. The van der Waals surface area contributed by atoms with Gasteiger partial charge in [0, 0.05) is 235 Å². The molecule has 0 radical (unpaired) electrons. The quantitative estimate of drug-likeness (QED) is 0.142. The molecule has 0 amide bonds. The smallest absolute Gasteiger partial charge is 0.160 e. The van der Waals surface area contributed by atoms with E-state index in [0.29, 0.717) is 0 Å². The summed E-state index contributed by atoms with van der Waals surface area (Å²) in [6.07, 6.45) is 9.11. The summed E-state index contributed by atoms with van der Waals surface area (Å²) in [7, 11) is 0. The van der Waals surface area contributed by atoms with Gasteiger partial charge in [0.25, 0.3) is 0 Å². The van der Waals surface area contributed by atoms with Gasteiger partial charge in [-0.1, -0.05) is 285 Å². The number of benzene rings is 20. The van der Waals surface area contributed by atoms with Gasteiger partial charge in [-0.25, -0.2) is 0 Å². The third-order valence-electron chi connectivity index (χ3n) is 30.2. The first-order chi connectivity index (χ1) is 69.4. The molecule has 0 saturated heterocycles. The number of aromatic nitrogens is 4. The van der Waals surface area contributed by atoms with Gasteiger partial charge in [0.15, 0.2) is 22.3 Å². The van der Waals surface area contributed by atoms with Crippen LogP contribution in [0.3, 0.4) is 0 Å². The number of furan rings is 4. The number of pyridine rings is 4. The highest BCUT2D eigenvalue weighted by atomic mass is 32.1. The van der Waals surface area contributed by atoms with Gasteiger partial charge in [-0.3, -0.25) is 0 Å². The molecular weight excluding hydrogens is 1790 g/mol. The van der Waals surface area contributed by atoms with Gasteiger partial charge in [-0.05, 0) is 125 Å². The van der Waals surface area contributed by atoms with E-state index in [-0.39, 0.29) is 0 Å². The van der Waals surface area contributed by atoms with Gasteiger partial charge >= 0.3 is 0 Å². The van der Waals surface area contributed by atoms with Gasteiger partial charge < -0.3 is 35.3 Å². The van der Waals surface area contributed by atoms with E-state index in [1.165, 1.54) is 210 Å². The van der Waals surface area contributed by atoms with Crippen LogP contribution < -0.4 is 0 Å². The van der Waals surface area contributed by atoms with Crippen LogP contribution in [0.1, 0.15) is 0 Å². The van der Waals surface area contributed by atoms with Gasteiger partial charge in [0.1, 0.15) is 22.3 Å². The Morgan fingerprint density at radius 3 is 0.850 bits per heavy atom. The SMILES string of the molecule is c1ccc2c(c1)cn1c2c2cc3c(cc2c2ccc4c5ccccc5oc4c21)sc1ccccc13.c1ccc2c(c1)cn1c2c2cc3sc4ccccc4c3cc2c2ccc3c4ccccc4oc3c21.c1ccc2c(c1)cn1c3c(ccc4c5ccccc5oc43)c3ccc4c5ccccc5sc4c3c21.c1ccc2c(c1)cn1c3c(ccc4c5ccccc5oc43)c3ccc4sc5ccccc5c4c3c21. The van der Waals surface area contributed by atoms with Crippen LogP contribution in [0.15, 0.2) is 431 Å². The second kappa shape index (κ2) is 28.2. The number of hydrogen-bond donors (Lipinski definition) is 0. The maximum atomic E-state index is 6.54. The normalized spacial score (nSPS) is 12.6. The van der Waals surface area contributed by atoms with E-state index in [1.807, 2.05) is 69.6 Å². The molecule has 12 heteroatoms. The lowest BCUT2D eigenvalue weighted by Crippen LogP contribution is -1.91. The highest BCUT2D eigenvalue weighted by Crippen LogP contribution is 2.53. The van der Waals surface area contributed by atoms with Crippen molar-refractivity contribution >= 4 is 366 Å². The molecular formula is C128H68N4O4S4. The molecule has 0 N–H and O–H groups in total. The summed E-state index contributed by atoms with van der Waals surface area (Å²) in [5.74, 6) is 0. The summed E-state index contributed by atoms with van der Waals surface area (Å²) in [6, 6.07) is 140. The van der Waals surface area contributed by atoms with Gasteiger partial charge in [0.2, 0.25) is 0 Å². The van der Waals surface area contributed by atoms with Crippen LogP contribution in [0.2, 0.25) is 0 Å². The first kappa shape index (κ1) is 75.9. The second-order valence-corrected chi connectivity index (χ2v) is 41.7. The molecule has 0 aliphatic carbocycles. The van der Waals surface area contributed by atoms with E-state index in [2.05, 4.69) is 406 Å². The molecule has 16 heterocycles. The fourth-order valence-electron chi connectivity index (χ4n) is 24.2. The Balaban J connectivity index is 0.0000000829. The molecule has 140 heavy (non-hydrogen) atoms. The number of rotatable bonds is 0. The third kappa shape index (κ3) is 10.3. The monoisotopic (exact) mass is 1850 g/mol. The second-order valence-electron chi connectivity index (χ2n) is 37.4. The van der Waals surface area contributed by atoms with Crippen LogP contribution in [0, 0.1) is 0 Å². The van der Waals surface area contributed by atoms with Crippen LogP contribution in [-0.4, -0.2) is 17.6 Å². The summed E-state index contributed by atoms with van der Waals surface area (Å²) in [6.45, 7) is 0. The van der Waals surface area contributed by atoms with Crippen molar-refractivity contribution in [2.24, 2.45) is 0 Å². The van der Waals surface area contributed by atoms with Gasteiger partial charge in [0.05, 0.1) is 44.1 Å². The zero-order chi connectivity index (χ0) is 90.7. The van der Waals surface area contributed by atoms with Crippen molar-refractivity contribution < 1.29 is 17.7 Å². The predicted octanol–water partition coefficient (Wildman–Crippen LogP) is 38.7. The molecule has 20 aromatic carbocycles. The van der Waals surface area contributed by atoms with E-state index in [1.54, 1.807) is 0 Å². The van der Waals surface area contributed by atoms with E-state index < -0.39 is 0 Å². The maximum Gasteiger partial charge on any atom is 0.160 e. The highest BCUT2D eigenvalue weighted by Gasteiger charge is 2.28. The van der Waals surface area contributed by atoms with Crippen molar-refractivity contribution in [3.05, 3.63) is 413 Å². The standard InChI is InChI=1S/4C32H17NOS/c1-2-8-19-18(7-1)17-33-29(19)28-22(13-16-25-21-10-4-6-12-27(21)35-32(25)28)23-14-15-24-20-9-3-5-11-26(20)34-31(24)30(23)33;1-2-8-19-18(7-1)17-33-30(19)26-15-25-21-10-4-6-12-28(21)35-29(25)16-24(26)22-13-14-23-20-9-3-5-11-27(20)34-32(23)31(22)33;1-2-8-19-18(7-1)17-33-30(19)26-16-29-25(21-10-4-6-12-28(21)35-29)15-24(26)22-13-14-23-20-9-3-5-11-27(20)34-32(23)31(22)33;1-2-8-19-18(7-1)17-33-30(19)29-21(15-16-27-28(29)24-10-4-6-12-26(24)35-27)22-13-14-23-20-9-3-5-11-25(20)34-32(23)31(22)33/h4*1-17H. The molecule has 0 aliphatic rings. The Labute approximate surface area is 807 Å². The minimum Gasteiger partial charge on any atom is -0.454 e. The zero-order valence-corrected chi connectivity index (χ0v) is 77.6. The van der Waals surface area contributed by atoms with Crippen molar-refractivity contribution in [3.8, 4) is 0 Å². The largest absolute Gasteiger partial charge is 0.454 e. The summed E-state index contributed by atoms with van der Waals surface area (Å²) in [4.78, 5) is 0. The molecule has 0 aliphatic heterocycles. The first-order valence-electron chi connectivity index (χ1n) is 47.4. The Bertz CT molecular complexity index is 11700. The lowest BCUT2D eigenvalue weighted by Gasteiger charge is -2.11. The van der Waals surface area contributed by atoms with Crippen LogP contribution in [0.5, 0.6) is 0 Å². The Morgan fingerprint density at radius 1 is 0.143 bits per heavy atom. The molecule has 0 spiro atoms. The minimum atomic E-state index is 0.930. The van der Waals surface area contributed by atoms with Crippen molar-refractivity contribution in [2.75, 3.05) is 0 Å². The molecule has 648 valence electrons. The Kier molecular flexibility index (Phi) is 15.3. The molecule has 8 nitrogen and oxygen atoms in total. The molecule has 16 aromatic heterocycles. The van der Waals surface area contributed by atoms with E-state index >= 15 is 0 Å². The van der Waals surface area contributed by atoms with Crippen molar-refractivity contribution in [1.82, 2.24) is 17.6 Å². The molecule has 36 rings (SSSR count). The number of thiophene rings is 4. The Morgan fingerprint density at radius 2 is 0.414 bits per heavy atom.